The van der Waals surface area contributed by atoms with Gasteiger partial charge in [0.2, 0.25) is 10.0 Å². The van der Waals surface area contributed by atoms with Gasteiger partial charge in [-0.2, -0.15) is 0 Å². The summed E-state index contributed by atoms with van der Waals surface area (Å²) in [6, 6.07) is 13.6. The van der Waals surface area contributed by atoms with E-state index in [1.807, 2.05) is 36.4 Å². The van der Waals surface area contributed by atoms with Gasteiger partial charge >= 0.3 is 0 Å². The monoisotopic (exact) mass is 360 g/mol. The second-order valence-corrected chi connectivity index (χ2v) is 8.12. The fourth-order valence-corrected chi connectivity index (χ4v) is 3.69. The number of hydrogen-bond donors (Lipinski definition) is 1. The maximum absolute atomic E-state index is 11.8. The highest BCUT2D eigenvalue weighted by Crippen LogP contribution is 2.35. The first kappa shape index (κ1) is 17.6. The van der Waals surface area contributed by atoms with Crippen LogP contribution in [0.3, 0.4) is 0 Å². The molecule has 1 aliphatic rings. The predicted octanol–water partition coefficient (Wildman–Crippen LogP) is 3.76. The summed E-state index contributed by atoms with van der Waals surface area (Å²) >= 11 is 0. The van der Waals surface area contributed by atoms with Crippen molar-refractivity contribution in [3.8, 4) is 5.75 Å². The lowest BCUT2D eigenvalue weighted by Crippen LogP contribution is -2.29. The van der Waals surface area contributed by atoms with Gasteiger partial charge in [-0.1, -0.05) is 25.1 Å². The third-order valence-corrected chi connectivity index (χ3v) is 4.75. The van der Waals surface area contributed by atoms with Gasteiger partial charge in [-0.05, 0) is 61.1 Å². The van der Waals surface area contributed by atoms with Crippen molar-refractivity contribution in [1.82, 2.24) is 0 Å². The Morgan fingerprint density at radius 3 is 2.44 bits per heavy atom. The van der Waals surface area contributed by atoms with E-state index in [0.29, 0.717) is 12.2 Å². The van der Waals surface area contributed by atoms with E-state index in [9.17, 15) is 8.42 Å². The van der Waals surface area contributed by atoms with Gasteiger partial charge in [0.05, 0.1) is 24.2 Å². The standard InChI is InChI=1S/C19H24N2O3S/c1-3-12-21(24-17-10-5-4-6-11-17)19-14-16-9-7-8-15(16)13-18(19)20-25(2,22)23/h4-6,10-11,13-14,20H,3,7-9,12H2,1-2H3. The van der Waals surface area contributed by atoms with Gasteiger partial charge in [-0.15, -0.1) is 0 Å². The van der Waals surface area contributed by atoms with Gasteiger partial charge in [-0.25, -0.2) is 13.5 Å². The quantitative estimate of drug-likeness (QED) is 0.764. The predicted molar refractivity (Wildman–Crippen MR) is 102 cm³/mol. The SMILES string of the molecule is CCCN(Oc1ccccc1)c1cc2c(cc1NS(C)(=O)=O)CCC2. The molecule has 1 N–H and O–H groups in total. The Morgan fingerprint density at radius 2 is 1.80 bits per heavy atom. The molecule has 6 heteroatoms. The van der Waals surface area contributed by atoms with Gasteiger partial charge in [0.25, 0.3) is 0 Å². The second kappa shape index (κ2) is 7.35. The summed E-state index contributed by atoms with van der Waals surface area (Å²) in [5.74, 6) is 0.724. The van der Waals surface area contributed by atoms with Gasteiger partial charge < -0.3 is 4.84 Å². The molecule has 0 saturated heterocycles. The lowest BCUT2D eigenvalue weighted by Gasteiger charge is -2.27. The number of hydroxylamine groups is 1. The number of aryl methyl sites for hydroxylation is 2. The molecule has 2 aromatic carbocycles. The Morgan fingerprint density at radius 1 is 1.12 bits per heavy atom. The van der Waals surface area contributed by atoms with E-state index in [-0.39, 0.29) is 0 Å². The maximum atomic E-state index is 11.8. The minimum atomic E-state index is -3.37. The number of hydrogen-bond acceptors (Lipinski definition) is 4. The van der Waals surface area contributed by atoms with E-state index in [1.165, 1.54) is 17.4 Å². The van der Waals surface area contributed by atoms with Crippen molar-refractivity contribution in [2.75, 3.05) is 22.6 Å². The average Bonchev–Trinajstić information content (AvgIpc) is 3.00. The van der Waals surface area contributed by atoms with Gasteiger partial charge in [0.15, 0.2) is 5.75 Å². The average molecular weight is 360 g/mol. The summed E-state index contributed by atoms with van der Waals surface area (Å²) in [6.07, 6.45) is 5.16. The van der Waals surface area contributed by atoms with Crippen molar-refractivity contribution < 1.29 is 13.3 Å². The third kappa shape index (κ3) is 4.45. The number of fused-ring (bicyclic) bond motifs is 1. The van der Waals surface area contributed by atoms with E-state index in [4.69, 9.17) is 4.84 Å². The molecular formula is C19H24N2O3S. The second-order valence-electron chi connectivity index (χ2n) is 6.37. The van der Waals surface area contributed by atoms with E-state index in [0.717, 1.165) is 37.1 Å². The summed E-state index contributed by atoms with van der Waals surface area (Å²) in [7, 11) is -3.37. The molecule has 0 radical (unpaired) electrons. The number of nitrogens with one attached hydrogen (secondary N) is 1. The molecule has 0 fully saturated rings. The summed E-state index contributed by atoms with van der Waals surface area (Å²) in [5.41, 5.74) is 3.82. The Bertz CT molecular complexity index is 835. The first-order chi connectivity index (χ1) is 12.0. The van der Waals surface area contributed by atoms with Crippen LogP contribution in [-0.4, -0.2) is 21.2 Å². The van der Waals surface area contributed by atoms with E-state index < -0.39 is 10.0 Å². The van der Waals surface area contributed by atoms with Crippen LogP contribution < -0.4 is 14.6 Å². The molecule has 1 aliphatic carbocycles. The first-order valence-electron chi connectivity index (χ1n) is 8.60. The van der Waals surface area contributed by atoms with Gasteiger partial charge in [0, 0.05) is 0 Å². The smallest absolute Gasteiger partial charge is 0.229 e. The number of benzene rings is 2. The van der Waals surface area contributed by atoms with Crippen LogP contribution in [0.5, 0.6) is 5.75 Å². The van der Waals surface area contributed by atoms with Crippen molar-refractivity contribution in [1.29, 1.82) is 0 Å². The molecular weight excluding hydrogens is 336 g/mol. The normalized spacial score (nSPS) is 13.4. The molecule has 5 nitrogen and oxygen atoms in total. The zero-order chi connectivity index (χ0) is 17.9. The highest BCUT2D eigenvalue weighted by atomic mass is 32.2. The molecule has 0 bridgehead atoms. The van der Waals surface area contributed by atoms with Crippen molar-refractivity contribution in [2.45, 2.75) is 32.6 Å². The molecule has 0 unspecified atom stereocenters. The fourth-order valence-electron chi connectivity index (χ4n) is 3.13. The van der Waals surface area contributed by atoms with Crippen molar-refractivity contribution in [2.24, 2.45) is 0 Å². The van der Waals surface area contributed by atoms with E-state index >= 15 is 0 Å². The van der Waals surface area contributed by atoms with Crippen LogP contribution in [0.1, 0.15) is 30.9 Å². The van der Waals surface area contributed by atoms with Crippen LogP contribution in [0.2, 0.25) is 0 Å². The number of rotatable bonds is 7. The molecule has 0 spiro atoms. The van der Waals surface area contributed by atoms with Crippen LogP contribution in [0.25, 0.3) is 0 Å². The zero-order valence-corrected chi connectivity index (χ0v) is 15.5. The molecule has 0 amide bonds. The minimum absolute atomic E-state index is 0.576. The maximum Gasteiger partial charge on any atom is 0.229 e. The van der Waals surface area contributed by atoms with Gasteiger partial charge in [0.1, 0.15) is 0 Å². The zero-order valence-electron chi connectivity index (χ0n) is 14.7. The topological polar surface area (TPSA) is 58.6 Å². The fraction of sp³-hybridized carbons (Fsp3) is 0.368. The Balaban J connectivity index is 2.01. The molecule has 0 saturated carbocycles. The largest absolute Gasteiger partial charge is 0.380 e. The first-order valence-corrected chi connectivity index (χ1v) is 10.5. The van der Waals surface area contributed by atoms with Crippen molar-refractivity contribution in [3.63, 3.8) is 0 Å². The van der Waals surface area contributed by atoms with E-state index in [1.54, 1.807) is 5.06 Å². The summed E-state index contributed by atoms with van der Waals surface area (Å²) in [5, 5.41) is 1.78. The molecule has 0 atom stereocenters. The number of para-hydroxylation sites is 1. The van der Waals surface area contributed by atoms with Crippen LogP contribution in [0, 0.1) is 0 Å². The molecule has 2 aromatic rings. The van der Waals surface area contributed by atoms with Crippen molar-refractivity contribution >= 4 is 21.4 Å². The third-order valence-electron chi connectivity index (χ3n) is 4.16. The number of sulfonamides is 1. The highest BCUT2D eigenvalue weighted by Gasteiger charge is 2.21. The number of anilines is 2. The minimum Gasteiger partial charge on any atom is -0.380 e. The molecule has 0 aliphatic heterocycles. The van der Waals surface area contributed by atoms with Crippen molar-refractivity contribution in [3.05, 3.63) is 53.6 Å². The van der Waals surface area contributed by atoms with Crippen LogP contribution >= 0.6 is 0 Å². The Kier molecular flexibility index (Phi) is 5.18. The van der Waals surface area contributed by atoms with Crippen LogP contribution in [-0.2, 0) is 22.9 Å². The summed E-state index contributed by atoms with van der Waals surface area (Å²) < 4.78 is 26.3. The summed E-state index contributed by atoms with van der Waals surface area (Å²) in [4.78, 5) is 6.05. The molecule has 3 rings (SSSR count). The molecule has 0 heterocycles. The Hall–Kier alpha value is -2.21. The van der Waals surface area contributed by atoms with E-state index in [2.05, 4.69) is 17.7 Å². The lowest BCUT2D eigenvalue weighted by atomic mass is 10.1. The molecule has 134 valence electrons. The lowest BCUT2D eigenvalue weighted by molar-refractivity contribution is 0.279. The number of nitrogens with zero attached hydrogens (tertiary/aromatic N) is 1. The molecule has 25 heavy (non-hydrogen) atoms. The van der Waals surface area contributed by atoms with Crippen LogP contribution in [0.4, 0.5) is 11.4 Å². The van der Waals surface area contributed by atoms with Crippen LogP contribution in [0.15, 0.2) is 42.5 Å². The molecule has 0 aromatic heterocycles. The highest BCUT2D eigenvalue weighted by molar-refractivity contribution is 7.92. The summed E-state index contributed by atoms with van der Waals surface area (Å²) in [6.45, 7) is 2.73. The van der Waals surface area contributed by atoms with Gasteiger partial charge in [-0.3, -0.25) is 4.72 Å². The Labute approximate surface area is 149 Å².